The Morgan fingerprint density at radius 2 is 1.38 bits per heavy atom. The summed E-state index contributed by atoms with van der Waals surface area (Å²) < 4.78 is 42.9. The van der Waals surface area contributed by atoms with Crippen LogP contribution >= 0.6 is 12.8 Å². The van der Waals surface area contributed by atoms with Gasteiger partial charge in [-0.1, -0.05) is 12.8 Å². The molecule has 0 spiro atoms. The van der Waals surface area contributed by atoms with Gasteiger partial charge in [0.15, 0.2) is 0 Å². The topological polar surface area (TPSA) is 87.3 Å². The Bertz CT molecular complexity index is 331. The van der Waals surface area contributed by atoms with Crippen LogP contribution in [0.5, 0.6) is 0 Å². The third-order valence-corrected chi connectivity index (χ3v) is 3.36. The van der Waals surface area contributed by atoms with E-state index in [9.17, 15) is 9.18 Å². The molecule has 0 saturated carbocycles. The van der Waals surface area contributed by atoms with Gasteiger partial charge in [-0.2, -0.15) is 0 Å². The minimum absolute atomic E-state index is 0.0493. The molecule has 0 aliphatic carbocycles. The second-order valence-electron chi connectivity index (χ2n) is 5.39. The van der Waals surface area contributed by atoms with E-state index in [0.717, 1.165) is 0 Å². The zero-order valence-electron chi connectivity index (χ0n) is 15.7. The van der Waals surface area contributed by atoms with Gasteiger partial charge in [-0.25, -0.2) is 4.39 Å². The number of rotatable bonds is 19. The highest BCUT2D eigenvalue weighted by Gasteiger charge is 2.16. The van der Waals surface area contributed by atoms with Crippen molar-refractivity contribution < 1.29 is 32.9 Å². The minimum Gasteiger partial charge on any atom is -0.378 e. The molecule has 26 heavy (non-hydrogen) atoms. The number of amides is 1. The fourth-order valence-electron chi connectivity index (χ4n) is 1.68. The summed E-state index contributed by atoms with van der Waals surface area (Å²) in [5.74, 6) is -0.260. The Morgan fingerprint density at radius 3 is 1.85 bits per heavy atom. The predicted octanol–water partition coefficient (Wildman–Crippen LogP) is 0.367. The van der Waals surface area contributed by atoms with E-state index in [1.807, 2.05) is 0 Å². The lowest BCUT2D eigenvalue weighted by molar-refractivity contribution is -0.119. The normalized spacial score (nSPS) is 13.5. The van der Waals surface area contributed by atoms with Crippen LogP contribution in [0.15, 0.2) is 0 Å². The summed E-state index contributed by atoms with van der Waals surface area (Å²) in [6, 6.07) is 0. The van der Waals surface area contributed by atoms with Crippen LogP contribution in [-0.4, -0.2) is 90.7 Å². The zero-order chi connectivity index (χ0) is 19.5. The first-order valence-corrected chi connectivity index (χ1v) is 9.20. The van der Waals surface area contributed by atoms with Crippen molar-refractivity contribution in [3.05, 3.63) is 0 Å². The Balaban J connectivity index is 3.22. The highest BCUT2D eigenvalue weighted by Crippen LogP contribution is 2.02. The lowest BCUT2D eigenvalue weighted by Crippen LogP contribution is -2.35. The largest absolute Gasteiger partial charge is 0.378 e. The van der Waals surface area contributed by atoms with Gasteiger partial charge in [0.2, 0.25) is 5.91 Å². The van der Waals surface area contributed by atoms with Crippen LogP contribution in [0.3, 0.4) is 0 Å². The van der Waals surface area contributed by atoms with Crippen LogP contribution < -0.4 is 10.0 Å². The maximum absolute atomic E-state index is 13.6. The minimum atomic E-state index is -1.24. The number of thiol groups is 1. The van der Waals surface area contributed by atoms with Crippen molar-refractivity contribution in [3.8, 4) is 0 Å². The van der Waals surface area contributed by atoms with E-state index in [2.05, 4.69) is 22.9 Å². The first-order chi connectivity index (χ1) is 12.6. The van der Waals surface area contributed by atoms with Gasteiger partial charge in [0.1, 0.15) is 6.17 Å². The summed E-state index contributed by atoms with van der Waals surface area (Å²) in [4.78, 5) is 10.7. The maximum Gasteiger partial charge on any atom is 0.216 e. The molecule has 0 bridgehead atoms. The zero-order valence-corrected chi connectivity index (χ0v) is 16.6. The summed E-state index contributed by atoms with van der Waals surface area (Å²) in [7, 11) is 0. The van der Waals surface area contributed by atoms with Crippen molar-refractivity contribution in [2.24, 2.45) is 0 Å². The molecule has 2 unspecified atom stereocenters. The van der Waals surface area contributed by atoms with Crippen LogP contribution in [-0.2, 0) is 28.5 Å². The molecular weight excluding hydrogens is 367 g/mol. The lowest BCUT2D eigenvalue weighted by Gasteiger charge is -2.17. The summed E-state index contributed by atoms with van der Waals surface area (Å²) in [5, 5.41) is 2.42. The second-order valence-corrected chi connectivity index (χ2v) is 5.70. The highest BCUT2D eigenvalue weighted by molar-refractivity contribution is 7.78. The van der Waals surface area contributed by atoms with Crippen LogP contribution in [0, 0.1) is 0 Å². The molecule has 10 heteroatoms. The molecule has 0 aromatic heterocycles. The maximum atomic E-state index is 13.6. The van der Waals surface area contributed by atoms with E-state index in [4.69, 9.17) is 23.7 Å². The molecule has 0 saturated heterocycles. The van der Waals surface area contributed by atoms with Gasteiger partial charge in [-0.05, 0) is 6.92 Å². The van der Waals surface area contributed by atoms with E-state index in [0.29, 0.717) is 59.4 Å². The third-order valence-electron chi connectivity index (χ3n) is 3.14. The Morgan fingerprint density at radius 1 is 0.923 bits per heavy atom. The molecule has 0 rings (SSSR count). The fraction of sp³-hybridized carbons (Fsp3) is 0.938. The van der Waals surface area contributed by atoms with Crippen molar-refractivity contribution in [2.75, 3.05) is 72.6 Å². The monoisotopic (exact) mass is 400 g/mol. The summed E-state index contributed by atoms with van der Waals surface area (Å²) in [5.41, 5.74) is 0. The molecule has 2 N–H and O–H groups in total. The molecule has 0 radical (unpaired) electrons. The number of hydrogen-bond donors (Lipinski definition) is 3. The number of nitrogens with one attached hydrogen (secondary N) is 2. The van der Waals surface area contributed by atoms with Crippen LogP contribution in [0.25, 0.3) is 0 Å². The highest BCUT2D eigenvalue weighted by atomic mass is 32.1. The molecule has 0 aromatic rings. The summed E-state index contributed by atoms with van der Waals surface area (Å²) in [6.07, 6.45) is -1.84. The summed E-state index contributed by atoms with van der Waals surface area (Å²) >= 11 is 3.85. The average molecular weight is 401 g/mol. The molecule has 156 valence electrons. The lowest BCUT2D eigenvalue weighted by atomic mass is 10.2. The van der Waals surface area contributed by atoms with E-state index < -0.39 is 12.3 Å². The average Bonchev–Trinajstić information content (AvgIpc) is 2.62. The standard InChI is InChI=1S/C16H33FN2O6S/c1-14(16(17)13-18-15(2)20)25-12-11-24-10-9-23-8-7-22-6-5-21-4-3-19-26/h14,16,19,26H,3-13H2,1-2H3,(H,18,20). The first kappa shape index (κ1) is 25.5. The fourth-order valence-corrected chi connectivity index (χ4v) is 1.78. The van der Waals surface area contributed by atoms with Crippen molar-refractivity contribution >= 4 is 18.7 Å². The molecular formula is C16H33FN2O6S. The van der Waals surface area contributed by atoms with Gasteiger partial charge in [-0.15, -0.1) is 0 Å². The van der Waals surface area contributed by atoms with Crippen LogP contribution in [0.1, 0.15) is 13.8 Å². The van der Waals surface area contributed by atoms with Crippen LogP contribution in [0.2, 0.25) is 0 Å². The Hall–Kier alpha value is -0.490. The van der Waals surface area contributed by atoms with Gasteiger partial charge >= 0.3 is 0 Å². The second kappa shape index (κ2) is 19.3. The van der Waals surface area contributed by atoms with Gasteiger partial charge in [0.05, 0.1) is 72.1 Å². The van der Waals surface area contributed by atoms with Gasteiger partial charge in [0.25, 0.3) is 0 Å². The van der Waals surface area contributed by atoms with Gasteiger partial charge in [-0.3, -0.25) is 9.52 Å². The summed E-state index contributed by atoms with van der Waals surface area (Å²) in [6.45, 7) is 7.81. The molecule has 0 aliphatic heterocycles. The molecule has 2 atom stereocenters. The number of carbonyl (C=O) groups is 1. The molecule has 1 amide bonds. The number of ether oxygens (including phenoxy) is 5. The van der Waals surface area contributed by atoms with E-state index >= 15 is 0 Å². The molecule has 0 heterocycles. The van der Waals surface area contributed by atoms with Gasteiger partial charge in [0, 0.05) is 13.5 Å². The van der Waals surface area contributed by atoms with Crippen molar-refractivity contribution in [1.29, 1.82) is 0 Å². The van der Waals surface area contributed by atoms with E-state index in [1.54, 1.807) is 6.92 Å². The molecule has 0 aliphatic rings. The van der Waals surface area contributed by atoms with Gasteiger partial charge < -0.3 is 29.0 Å². The number of carbonyl (C=O) groups excluding carboxylic acids is 1. The Labute approximate surface area is 160 Å². The van der Waals surface area contributed by atoms with E-state index in [1.165, 1.54) is 6.92 Å². The number of alkyl halides is 1. The smallest absolute Gasteiger partial charge is 0.216 e. The Kier molecular flexibility index (Phi) is 18.9. The predicted molar refractivity (Wildman–Crippen MR) is 99.3 cm³/mol. The third kappa shape index (κ3) is 18.3. The first-order valence-electron chi connectivity index (χ1n) is 8.76. The SMILES string of the molecule is CC(=O)NCC(F)C(C)OCCOCCOCCOCCOCCNS. The molecule has 0 fully saturated rings. The number of hydrogen-bond acceptors (Lipinski definition) is 8. The van der Waals surface area contributed by atoms with Crippen molar-refractivity contribution in [2.45, 2.75) is 26.1 Å². The molecule has 8 nitrogen and oxygen atoms in total. The molecule has 0 aromatic carbocycles. The van der Waals surface area contributed by atoms with Crippen LogP contribution in [0.4, 0.5) is 4.39 Å². The van der Waals surface area contributed by atoms with Crippen molar-refractivity contribution in [3.63, 3.8) is 0 Å². The number of halogens is 1. The quantitative estimate of drug-likeness (QED) is 0.213. The van der Waals surface area contributed by atoms with E-state index in [-0.39, 0.29) is 19.1 Å². The van der Waals surface area contributed by atoms with Crippen molar-refractivity contribution in [1.82, 2.24) is 10.0 Å².